The van der Waals surface area contributed by atoms with E-state index in [1.54, 1.807) is 18.2 Å². The van der Waals surface area contributed by atoms with Crippen molar-refractivity contribution in [2.24, 2.45) is 0 Å². The molecule has 0 radical (unpaired) electrons. The zero-order chi connectivity index (χ0) is 27.4. The number of imide groups is 1. The minimum atomic E-state index is -0.623. The van der Waals surface area contributed by atoms with Crippen LogP contribution in [0.25, 0.3) is 6.08 Å². The zero-order valence-electron chi connectivity index (χ0n) is 21.0. The summed E-state index contributed by atoms with van der Waals surface area (Å²) in [6.45, 7) is 4.68. The Morgan fingerprint density at radius 2 is 1.62 bits per heavy atom. The van der Waals surface area contributed by atoms with Gasteiger partial charge in [0.2, 0.25) is 5.91 Å². The van der Waals surface area contributed by atoms with Crippen LogP contribution in [0.15, 0.2) is 47.4 Å². The molecule has 13 heteroatoms. The minimum absolute atomic E-state index is 0.0951. The SMILES string of the molecule is O=C(CN1C(=O)S/C(=C\c2cc([N+](=O)[O-])ccc2N2CCOCC2)C1=O)Nc1ccc(N2CCOCC2)cc1. The Kier molecular flexibility index (Phi) is 8.10. The molecule has 3 aliphatic rings. The Labute approximate surface area is 228 Å². The van der Waals surface area contributed by atoms with Gasteiger partial charge in [-0.1, -0.05) is 0 Å². The van der Waals surface area contributed by atoms with Gasteiger partial charge in [0.1, 0.15) is 6.54 Å². The number of hydrogen-bond donors (Lipinski definition) is 1. The van der Waals surface area contributed by atoms with E-state index in [9.17, 15) is 24.5 Å². The number of benzene rings is 2. The maximum atomic E-state index is 13.1. The number of nitro benzene ring substituents is 1. The molecule has 12 nitrogen and oxygen atoms in total. The van der Waals surface area contributed by atoms with E-state index in [4.69, 9.17) is 9.47 Å². The first kappa shape index (κ1) is 26.7. The van der Waals surface area contributed by atoms with Gasteiger partial charge >= 0.3 is 0 Å². The summed E-state index contributed by atoms with van der Waals surface area (Å²) in [6, 6.07) is 11.8. The van der Waals surface area contributed by atoms with E-state index in [0.29, 0.717) is 68.2 Å². The number of amides is 3. The lowest BCUT2D eigenvalue weighted by atomic mass is 10.1. The van der Waals surface area contributed by atoms with E-state index in [1.807, 2.05) is 17.0 Å². The van der Waals surface area contributed by atoms with Crippen LogP contribution in [-0.2, 0) is 19.1 Å². The fourth-order valence-corrected chi connectivity index (χ4v) is 5.39. The maximum Gasteiger partial charge on any atom is 0.294 e. The van der Waals surface area contributed by atoms with Gasteiger partial charge in [-0.05, 0) is 48.2 Å². The summed E-state index contributed by atoms with van der Waals surface area (Å²) in [5, 5.41) is 13.5. The first-order valence-electron chi connectivity index (χ1n) is 12.5. The van der Waals surface area contributed by atoms with Gasteiger partial charge in [0.05, 0.1) is 36.3 Å². The molecular weight excluding hydrogens is 526 g/mol. The van der Waals surface area contributed by atoms with Crippen molar-refractivity contribution in [2.45, 2.75) is 0 Å². The number of nitrogens with one attached hydrogen (secondary N) is 1. The van der Waals surface area contributed by atoms with Gasteiger partial charge in [-0.2, -0.15) is 0 Å². The van der Waals surface area contributed by atoms with Crippen LogP contribution in [0.1, 0.15) is 5.56 Å². The smallest absolute Gasteiger partial charge is 0.294 e. The molecule has 0 aromatic heterocycles. The van der Waals surface area contributed by atoms with Crippen molar-refractivity contribution in [1.29, 1.82) is 0 Å². The second-order valence-corrected chi connectivity index (χ2v) is 10.1. The number of nitro groups is 1. The molecule has 3 amide bonds. The summed E-state index contributed by atoms with van der Waals surface area (Å²) >= 11 is 0.702. The molecule has 2 aromatic rings. The number of carbonyl (C=O) groups is 3. The lowest BCUT2D eigenvalue weighted by molar-refractivity contribution is -0.384. The lowest BCUT2D eigenvalue weighted by Crippen LogP contribution is -2.37. The first-order valence-corrected chi connectivity index (χ1v) is 13.3. The summed E-state index contributed by atoms with van der Waals surface area (Å²) < 4.78 is 10.8. The predicted molar refractivity (Wildman–Crippen MR) is 147 cm³/mol. The third-order valence-electron chi connectivity index (χ3n) is 6.56. The highest BCUT2D eigenvalue weighted by molar-refractivity contribution is 8.18. The van der Waals surface area contributed by atoms with Crippen LogP contribution in [0.5, 0.6) is 0 Å². The predicted octanol–water partition coefficient (Wildman–Crippen LogP) is 2.94. The van der Waals surface area contributed by atoms with Crippen molar-refractivity contribution in [3.8, 4) is 0 Å². The molecule has 0 atom stereocenters. The first-order chi connectivity index (χ1) is 18.9. The van der Waals surface area contributed by atoms with Crippen LogP contribution in [0.2, 0.25) is 0 Å². The van der Waals surface area contributed by atoms with Gasteiger partial charge in [-0.3, -0.25) is 29.4 Å². The molecule has 0 saturated carbocycles. The summed E-state index contributed by atoms with van der Waals surface area (Å²) in [7, 11) is 0. The number of anilines is 3. The van der Waals surface area contributed by atoms with E-state index < -0.39 is 28.5 Å². The van der Waals surface area contributed by atoms with Crippen molar-refractivity contribution in [3.63, 3.8) is 0 Å². The Balaban J connectivity index is 1.28. The average Bonchev–Trinajstić information content (AvgIpc) is 3.21. The van der Waals surface area contributed by atoms with Gasteiger partial charge in [0.25, 0.3) is 16.8 Å². The molecule has 3 saturated heterocycles. The van der Waals surface area contributed by atoms with Crippen LogP contribution < -0.4 is 15.1 Å². The number of carbonyl (C=O) groups excluding carboxylic acids is 3. The highest BCUT2D eigenvalue weighted by Crippen LogP contribution is 2.35. The number of rotatable bonds is 7. The molecule has 5 rings (SSSR count). The second-order valence-electron chi connectivity index (χ2n) is 9.06. The summed E-state index contributed by atoms with van der Waals surface area (Å²) in [5.41, 5.74) is 2.59. The Hall–Kier alpha value is -3.94. The molecule has 3 fully saturated rings. The summed E-state index contributed by atoms with van der Waals surface area (Å²) in [4.78, 5) is 54.5. The van der Waals surface area contributed by atoms with E-state index in [0.717, 1.165) is 23.7 Å². The zero-order valence-corrected chi connectivity index (χ0v) is 21.9. The van der Waals surface area contributed by atoms with E-state index in [2.05, 4.69) is 10.2 Å². The number of morpholine rings is 2. The average molecular weight is 554 g/mol. The van der Waals surface area contributed by atoms with Crippen molar-refractivity contribution in [3.05, 3.63) is 63.0 Å². The molecule has 1 N–H and O–H groups in total. The van der Waals surface area contributed by atoms with Gasteiger partial charge in [0.15, 0.2) is 0 Å². The standard InChI is InChI=1S/C26H27N5O7S/c32-24(27-19-1-3-20(4-2-19)28-7-11-37-12-8-28)17-30-25(33)23(39-26(30)34)16-18-15-21(31(35)36)5-6-22(18)29-9-13-38-14-10-29/h1-6,15-16H,7-14,17H2,(H,27,32)/b23-16-. The highest BCUT2D eigenvalue weighted by Gasteiger charge is 2.36. The third-order valence-corrected chi connectivity index (χ3v) is 7.47. The molecular formula is C26H27N5O7S. The van der Waals surface area contributed by atoms with Gasteiger partial charge < -0.3 is 24.6 Å². The summed E-state index contributed by atoms with van der Waals surface area (Å²) in [5.74, 6) is -1.13. The van der Waals surface area contributed by atoms with Gasteiger partial charge in [-0.15, -0.1) is 0 Å². The van der Waals surface area contributed by atoms with Crippen LogP contribution >= 0.6 is 11.8 Å². The van der Waals surface area contributed by atoms with Crippen molar-refractivity contribution < 1.29 is 28.8 Å². The Morgan fingerprint density at radius 1 is 0.974 bits per heavy atom. The van der Waals surface area contributed by atoms with Crippen molar-refractivity contribution >= 4 is 57.6 Å². The van der Waals surface area contributed by atoms with Crippen LogP contribution in [0, 0.1) is 10.1 Å². The molecule has 0 unspecified atom stereocenters. The largest absolute Gasteiger partial charge is 0.378 e. The molecule has 3 aliphatic heterocycles. The molecule has 3 heterocycles. The van der Waals surface area contributed by atoms with E-state index >= 15 is 0 Å². The highest BCUT2D eigenvalue weighted by atomic mass is 32.2. The molecule has 204 valence electrons. The number of hydrogen-bond acceptors (Lipinski definition) is 10. The fourth-order valence-electron chi connectivity index (χ4n) is 4.56. The quantitative estimate of drug-likeness (QED) is 0.310. The minimum Gasteiger partial charge on any atom is -0.378 e. The van der Waals surface area contributed by atoms with Gasteiger partial charge in [0, 0.05) is 60.9 Å². The number of ether oxygens (including phenoxy) is 2. The topological polar surface area (TPSA) is 135 Å². The molecule has 0 spiro atoms. The molecule has 2 aromatic carbocycles. The summed E-state index contributed by atoms with van der Waals surface area (Å²) in [6.07, 6.45) is 1.48. The van der Waals surface area contributed by atoms with Crippen molar-refractivity contribution in [1.82, 2.24) is 4.90 Å². The normalized spacial score (nSPS) is 19.1. The monoisotopic (exact) mass is 553 g/mol. The number of nitrogens with zero attached hydrogens (tertiary/aromatic N) is 4. The van der Waals surface area contributed by atoms with Crippen LogP contribution in [0.3, 0.4) is 0 Å². The molecule has 0 aliphatic carbocycles. The molecule has 39 heavy (non-hydrogen) atoms. The third kappa shape index (κ3) is 6.21. The van der Waals surface area contributed by atoms with Crippen LogP contribution in [0.4, 0.5) is 27.5 Å². The molecule has 0 bridgehead atoms. The van der Waals surface area contributed by atoms with Crippen molar-refractivity contribution in [2.75, 3.05) is 74.3 Å². The van der Waals surface area contributed by atoms with Crippen LogP contribution in [-0.4, -0.2) is 86.0 Å². The lowest BCUT2D eigenvalue weighted by Gasteiger charge is -2.30. The Morgan fingerprint density at radius 3 is 2.26 bits per heavy atom. The maximum absolute atomic E-state index is 13.1. The number of thioether (sulfide) groups is 1. The second kappa shape index (κ2) is 11.8. The van der Waals surface area contributed by atoms with E-state index in [1.165, 1.54) is 18.2 Å². The van der Waals surface area contributed by atoms with E-state index in [-0.39, 0.29) is 10.6 Å². The number of non-ortho nitro benzene ring substituents is 1. The Bertz CT molecular complexity index is 1300. The van der Waals surface area contributed by atoms with Gasteiger partial charge in [-0.25, -0.2) is 0 Å². The fraction of sp³-hybridized carbons (Fsp3) is 0.346.